The minimum atomic E-state index is -3.68. The molecule has 0 aromatic heterocycles. The quantitative estimate of drug-likeness (QED) is 0.182. The first-order valence-electron chi connectivity index (χ1n) is 10.4. The van der Waals surface area contributed by atoms with Gasteiger partial charge >= 0.3 is 7.60 Å². The number of aliphatic hydroxyl groups is 1. The zero-order valence-electron chi connectivity index (χ0n) is 18.7. The van der Waals surface area contributed by atoms with E-state index in [1.165, 1.54) is 0 Å². The Morgan fingerprint density at radius 3 is 1.87 bits per heavy atom. The van der Waals surface area contributed by atoms with Gasteiger partial charge in [0.15, 0.2) is 0 Å². The van der Waals surface area contributed by atoms with Crippen LogP contribution in [0.25, 0.3) is 0 Å². The second-order valence-electron chi connectivity index (χ2n) is 7.32. The molecule has 0 fully saturated rings. The lowest BCUT2D eigenvalue weighted by Crippen LogP contribution is -2.29. The fraction of sp³-hybridized carbons (Fsp3) is 0.947. The van der Waals surface area contributed by atoms with Crippen LogP contribution < -0.4 is 5.32 Å². The van der Waals surface area contributed by atoms with E-state index in [-0.39, 0.29) is 31.6 Å². The molecule has 0 saturated carbocycles. The number of nitrogens with one attached hydrogen (secondary N) is 1. The van der Waals surface area contributed by atoms with Gasteiger partial charge in [-0.15, -0.1) is 0 Å². The van der Waals surface area contributed by atoms with Crippen LogP contribution in [-0.4, -0.2) is 93.7 Å². The lowest BCUT2D eigenvalue weighted by Gasteiger charge is -2.18. The van der Waals surface area contributed by atoms with Crippen molar-refractivity contribution < 1.29 is 42.8 Å². The van der Waals surface area contributed by atoms with E-state index in [2.05, 4.69) is 5.32 Å². The van der Waals surface area contributed by atoms with Crippen molar-refractivity contribution in [1.82, 2.24) is 5.32 Å². The maximum atomic E-state index is 11.6. The SMILES string of the molecule is CC(C)C(=O)NCCCOCCOCCOCCOCC(O)COP(=O)(O)C(C)C. The Morgan fingerprint density at radius 2 is 1.37 bits per heavy atom. The molecular weight excluding hydrogens is 417 g/mol. The van der Waals surface area contributed by atoms with E-state index in [0.717, 1.165) is 6.42 Å². The lowest BCUT2D eigenvalue weighted by atomic mass is 10.2. The molecule has 3 N–H and O–H groups in total. The van der Waals surface area contributed by atoms with E-state index in [1.807, 2.05) is 13.8 Å². The summed E-state index contributed by atoms with van der Waals surface area (Å²) in [5.41, 5.74) is -0.517. The van der Waals surface area contributed by atoms with Crippen molar-refractivity contribution in [3.8, 4) is 0 Å². The molecule has 180 valence electrons. The Balaban J connectivity index is 3.31. The topological polar surface area (TPSA) is 133 Å². The average molecular weight is 458 g/mol. The fourth-order valence-electron chi connectivity index (χ4n) is 1.86. The monoisotopic (exact) mass is 457 g/mol. The van der Waals surface area contributed by atoms with Gasteiger partial charge in [-0.3, -0.25) is 9.36 Å². The summed E-state index contributed by atoms with van der Waals surface area (Å²) < 4.78 is 37.8. The highest BCUT2D eigenvalue weighted by atomic mass is 31.2. The molecule has 30 heavy (non-hydrogen) atoms. The van der Waals surface area contributed by atoms with Gasteiger partial charge in [-0.1, -0.05) is 27.7 Å². The van der Waals surface area contributed by atoms with Gasteiger partial charge in [0.1, 0.15) is 6.10 Å². The Hall–Kier alpha value is -0.580. The summed E-state index contributed by atoms with van der Waals surface area (Å²) >= 11 is 0. The summed E-state index contributed by atoms with van der Waals surface area (Å²) in [4.78, 5) is 20.8. The number of aliphatic hydroxyl groups excluding tert-OH is 1. The van der Waals surface area contributed by atoms with Crippen molar-refractivity contribution in [3.05, 3.63) is 0 Å². The van der Waals surface area contributed by atoms with Gasteiger partial charge in [-0.05, 0) is 6.42 Å². The highest BCUT2D eigenvalue weighted by molar-refractivity contribution is 7.53. The predicted octanol–water partition coefficient (Wildman–Crippen LogP) is 1.19. The molecule has 0 bridgehead atoms. The van der Waals surface area contributed by atoms with Gasteiger partial charge in [0, 0.05) is 19.1 Å². The summed E-state index contributed by atoms with van der Waals surface area (Å²) in [6, 6.07) is 0. The third-order valence-electron chi connectivity index (χ3n) is 3.82. The van der Waals surface area contributed by atoms with Crippen LogP contribution in [0.4, 0.5) is 0 Å². The van der Waals surface area contributed by atoms with Crippen molar-refractivity contribution in [3.63, 3.8) is 0 Å². The first-order chi connectivity index (χ1) is 14.2. The molecule has 0 radical (unpaired) electrons. The van der Waals surface area contributed by atoms with Crippen LogP contribution in [0, 0.1) is 5.92 Å². The Bertz CT molecular complexity index is 477. The number of amides is 1. The normalized spacial score (nSPS) is 14.8. The Morgan fingerprint density at radius 1 is 0.867 bits per heavy atom. The molecule has 2 atom stereocenters. The zero-order valence-corrected chi connectivity index (χ0v) is 19.6. The molecule has 0 saturated heterocycles. The Kier molecular flexibility index (Phi) is 17.7. The molecule has 1 amide bonds. The van der Waals surface area contributed by atoms with Gasteiger partial charge in [0.25, 0.3) is 0 Å². The summed E-state index contributed by atoms with van der Waals surface area (Å²) in [5.74, 6) is 0.0475. The minimum absolute atomic E-state index is 0.00232. The van der Waals surface area contributed by atoms with Crippen molar-refractivity contribution >= 4 is 13.5 Å². The lowest BCUT2D eigenvalue weighted by molar-refractivity contribution is -0.124. The molecule has 2 unspecified atom stereocenters. The van der Waals surface area contributed by atoms with Crippen LogP contribution in [-0.2, 0) is 32.8 Å². The largest absolute Gasteiger partial charge is 0.388 e. The molecule has 0 heterocycles. The van der Waals surface area contributed by atoms with E-state index in [0.29, 0.717) is 46.2 Å². The van der Waals surface area contributed by atoms with Gasteiger partial charge < -0.3 is 38.8 Å². The molecule has 11 heteroatoms. The van der Waals surface area contributed by atoms with Crippen molar-refractivity contribution in [2.75, 3.05) is 66.0 Å². The molecule has 0 aromatic carbocycles. The number of carbonyl (C=O) groups excluding carboxylic acids is 1. The summed E-state index contributed by atoms with van der Waals surface area (Å²) in [6.07, 6.45) is -0.210. The second kappa shape index (κ2) is 18.0. The van der Waals surface area contributed by atoms with E-state index in [9.17, 15) is 19.4 Å². The zero-order chi connectivity index (χ0) is 22.8. The maximum Gasteiger partial charge on any atom is 0.330 e. The predicted molar refractivity (Wildman–Crippen MR) is 113 cm³/mol. The van der Waals surface area contributed by atoms with Crippen LogP contribution in [0.1, 0.15) is 34.1 Å². The van der Waals surface area contributed by atoms with Gasteiger partial charge in [-0.2, -0.15) is 0 Å². The molecule has 0 rings (SSSR count). The third kappa shape index (κ3) is 17.1. The number of hydrogen-bond donors (Lipinski definition) is 3. The molecule has 0 aliphatic heterocycles. The third-order valence-corrected chi connectivity index (χ3v) is 5.64. The standard InChI is InChI=1S/C19H40NO9P/c1-16(2)19(22)20-6-5-7-25-8-9-26-10-11-27-12-13-28-14-18(21)15-29-30(23,24)17(3)4/h16-18,21H,5-15H2,1-4H3,(H,20,22)(H,23,24). The highest BCUT2D eigenvalue weighted by Crippen LogP contribution is 2.46. The molecule has 0 aliphatic carbocycles. The number of carbonyl (C=O) groups is 1. The first-order valence-corrected chi connectivity index (χ1v) is 12.0. The molecule has 10 nitrogen and oxygen atoms in total. The van der Waals surface area contributed by atoms with Gasteiger partial charge in [0.05, 0.1) is 58.5 Å². The minimum Gasteiger partial charge on any atom is -0.388 e. The number of hydrogen-bond acceptors (Lipinski definition) is 8. The van der Waals surface area contributed by atoms with Crippen molar-refractivity contribution in [2.45, 2.75) is 45.9 Å². The van der Waals surface area contributed by atoms with Crippen LogP contribution in [0.5, 0.6) is 0 Å². The van der Waals surface area contributed by atoms with Gasteiger partial charge in [-0.25, -0.2) is 0 Å². The fourth-order valence-corrected chi connectivity index (χ4v) is 2.54. The average Bonchev–Trinajstić information content (AvgIpc) is 2.68. The van der Waals surface area contributed by atoms with Crippen LogP contribution in [0.3, 0.4) is 0 Å². The smallest absolute Gasteiger partial charge is 0.330 e. The number of rotatable bonds is 20. The van der Waals surface area contributed by atoms with E-state index in [4.69, 9.17) is 23.5 Å². The number of ether oxygens (including phenoxy) is 4. The first kappa shape index (κ1) is 29.4. The van der Waals surface area contributed by atoms with Crippen LogP contribution in [0.15, 0.2) is 0 Å². The van der Waals surface area contributed by atoms with E-state index in [1.54, 1.807) is 13.8 Å². The molecule has 0 aliphatic rings. The highest BCUT2D eigenvalue weighted by Gasteiger charge is 2.25. The molecule has 0 spiro atoms. The summed E-state index contributed by atoms with van der Waals surface area (Å²) in [7, 11) is -3.68. The summed E-state index contributed by atoms with van der Waals surface area (Å²) in [5, 5.41) is 12.5. The van der Waals surface area contributed by atoms with E-state index >= 15 is 0 Å². The Labute approximate surface area is 180 Å². The van der Waals surface area contributed by atoms with Crippen molar-refractivity contribution in [1.29, 1.82) is 0 Å². The van der Waals surface area contributed by atoms with Crippen LogP contribution in [0.2, 0.25) is 0 Å². The molecular formula is C19H40NO9P. The maximum absolute atomic E-state index is 11.6. The van der Waals surface area contributed by atoms with E-state index < -0.39 is 19.4 Å². The van der Waals surface area contributed by atoms with Gasteiger partial charge in [0.2, 0.25) is 5.91 Å². The van der Waals surface area contributed by atoms with Crippen molar-refractivity contribution in [2.24, 2.45) is 5.92 Å². The summed E-state index contributed by atoms with van der Waals surface area (Å²) in [6.45, 7) is 10.2. The molecule has 0 aromatic rings. The van der Waals surface area contributed by atoms with Crippen LogP contribution >= 0.6 is 7.60 Å². The second-order valence-corrected chi connectivity index (χ2v) is 9.74.